The number of hydrogen-bond acceptors (Lipinski definition) is 4. The van der Waals surface area contributed by atoms with Crippen LogP contribution in [0.25, 0.3) is 5.57 Å². The van der Waals surface area contributed by atoms with Gasteiger partial charge in [0, 0.05) is 25.9 Å². The molecule has 0 bridgehead atoms. The molecule has 2 aromatic rings. The number of anilines is 1. The lowest BCUT2D eigenvalue weighted by Crippen LogP contribution is -2.35. The fraction of sp³-hybridized carbons (Fsp3) is 0.360. The van der Waals surface area contributed by atoms with Crippen LogP contribution in [0.1, 0.15) is 37.0 Å². The molecule has 0 fully saturated rings. The summed E-state index contributed by atoms with van der Waals surface area (Å²) in [6.07, 6.45) is 0.733. The molecule has 0 saturated carbocycles. The van der Waals surface area contributed by atoms with E-state index in [4.69, 9.17) is 4.74 Å². The van der Waals surface area contributed by atoms with Crippen LogP contribution in [0, 0.1) is 13.8 Å². The van der Waals surface area contributed by atoms with Crippen molar-refractivity contribution in [2.75, 3.05) is 25.1 Å². The van der Waals surface area contributed by atoms with E-state index in [-0.39, 0.29) is 17.9 Å². The smallest absolute Gasteiger partial charge is 0.278 e. The molecule has 0 aliphatic carbocycles. The van der Waals surface area contributed by atoms with Gasteiger partial charge >= 0.3 is 0 Å². The minimum Gasteiger partial charge on any atom is -0.379 e. The Morgan fingerprint density at radius 1 is 0.967 bits per heavy atom. The zero-order valence-corrected chi connectivity index (χ0v) is 18.4. The molecule has 5 heteroatoms. The van der Waals surface area contributed by atoms with Crippen LogP contribution in [0.15, 0.2) is 54.2 Å². The predicted octanol–water partition coefficient (Wildman–Crippen LogP) is 4.33. The van der Waals surface area contributed by atoms with Gasteiger partial charge in [0.15, 0.2) is 0 Å². The zero-order valence-electron chi connectivity index (χ0n) is 18.4. The standard InChI is InChI=1S/C25H30N2O3/c1-17(2)30-15-9-14-27-24(28)22(20-13-12-18(3)19(4)16-20)23(25(27)29)26(5)21-10-7-6-8-11-21/h6-8,10-13,16-17H,9,14-15H2,1-5H3. The summed E-state index contributed by atoms with van der Waals surface area (Å²) in [6, 6.07) is 15.5. The summed E-state index contributed by atoms with van der Waals surface area (Å²) < 4.78 is 5.58. The molecule has 0 aromatic heterocycles. The van der Waals surface area contributed by atoms with Crippen LogP contribution in [-0.2, 0) is 14.3 Å². The fourth-order valence-electron chi connectivity index (χ4n) is 3.56. The van der Waals surface area contributed by atoms with E-state index in [0.29, 0.717) is 30.8 Å². The first kappa shape index (κ1) is 21.8. The second kappa shape index (κ2) is 9.26. The Morgan fingerprint density at radius 2 is 1.67 bits per heavy atom. The van der Waals surface area contributed by atoms with Gasteiger partial charge in [0.05, 0.1) is 11.7 Å². The summed E-state index contributed by atoms with van der Waals surface area (Å²) in [5.41, 5.74) is 4.75. The first-order chi connectivity index (χ1) is 14.3. The molecule has 0 atom stereocenters. The van der Waals surface area contributed by atoms with Crippen LogP contribution < -0.4 is 4.90 Å². The molecule has 3 rings (SSSR count). The molecule has 5 nitrogen and oxygen atoms in total. The average molecular weight is 407 g/mol. The van der Waals surface area contributed by atoms with E-state index in [2.05, 4.69) is 0 Å². The highest BCUT2D eigenvalue weighted by Crippen LogP contribution is 2.34. The Hall–Kier alpha value is -2.92. The lowest BCUT2D eigenvalue weighted by Gasteiger charge is -2.21. The highest BCUT2D eigenvalue weighted by atomic mass is 16.5. The number of likely N-dealkylation sites (N-methyl/N-ethyl adjacent to an activating group) is 1. The summed E-state index contributed by atoms with van der Waals surface area (Å²) in [7, 11) is 1.84. The Balaban J connectivity index is 1.98. The van der Waals surface area contributed by atoms with E-state index in [1.807, 2.05) is 88.2 Å². The van der Waals surface area contributed by atoms with Gasteiger partial charge in [-0.15, -0.1) is 0 Å². The molecule has 2 amide bonds. The van der Waals surface area contributed by atoms with Crippen LogP contribution in [0.2, 0.25) is 0 Å². The molecule has 2 aromatic carbocycles. The number of hydrogen-bond donors (Lipinski definition) is 0. The van der Waals surface area contributed by atoms with Crippen molar-refractivity contribution in [2.24, 2.45) is 0 Å². The highest BCUT2D eigenvalue weighted by molar-refractivity contribution is 6.36. The quantitative estimate of drug-likeness (QED) is 0.484. The minimum absolute atomic E-state index is 0.124. The molecule has 0 N–H and O–H groups in total. The van der Waals surface area contributed by atoms with Gasteiger partial charge < -0.3 is 9.64 Å². The van der Waals surface area contributed by atoms with Crippen molar-refractivity contribution < 1.29 is 14.3 Å². The van der Waals surface area contributed by atoms with E-state index < -0.39 is 0 Å². The number of carbonyl (C=O) groups excluding carboxylic acids is 2. The average Bonchev–Trinajstić information content (AvgIpc) is 2.97. The van der Waals surface area contributed by atoms with Gasteiger partial charge in [0.25, 0.3) is 11.8 Å². The number of carbonyl (C=O) groups is 2. The molecule has 158 valence electrons. The Labute approximate surface area is 178 Å². The fourth-order valence-corrected chi connectivity index (χ4v) is 3.56. The van der Waals surface area contributed by atoms with Crippen molar-refractivity contribution in [2.45, 2.75) is 40.2 Å². The molecular formula is C25H30N2O3. The summed E-state index contributed by atoms with van der Waals surface area (Å²) in [4.78, 5) is 29.9. The number of benzene rings is 2. The Morgan fingerprint density at radius 3 is 2.30 bits per heavy atom. The lowest BCUT2D eigenvalue weighted by molar-refractivity contribution is -0.137. The third-order valence-corrected chi connectivity index (χ3v) is 5.40. The maximum Gasteiger partial charge on any atom is 0.278 e. The van der Waals surface area contributed by atoms with Crippen molar-refractivity contribution in [3.63, 3.8) is 0 Å². The molecule has 0 unspecified atom stereocenters. The van der Waals surface area contributed by atoms with Crippen molar-refractivity contribution in [3.8, 4) is 0 Å². The third-order valence-electron chi connectivity index (χ3n) is 5.40. The number of para-hydroxylation sites is 1. The predicted molar refractivity (Wildman–Crippen MR) is 120 cm³/mol. The van der Waals surface area contributed by atoms with Gasteiger partial charge in [-0.05, 0) is 62.9 Å². The molecule has 1 aliphatic heterocycles. The SMILES string of the molecule is Cc1ccc(C2=C(N(C)c3ccccc3)C(=O)N(CCCOC(C)C)C2=O)cc1C. The van der Waals surface area contributed by atoms with Crippen molar-refractivity contribution in [3.05, 3.63) is 70.9 Å². The summed E-state index contributed by atoms with van der Waals surface area (Å²) in [6.45, 7) is 8.84. The number of imide groups is 1. The largest absolute Gasteiger partial charge is 0.379 e. The Bertz CT molecular complexity index is 964. The van der Waals surface area contributed by atoms with Crippen LogP contribution in [0.3, 0.4) is 0 Å². The molecule has 0 radical (unpaired) electrons. The number of rotatable bonds is 8. The number of aryl methyl sites for hydroxylation is 2. The maximum absolute atomic E-state index is 13.4. The number of amides is 2. The maximum atomic E-state index is 13.4. The summed E-state index contributed by atoms with van der Waals surface area (Å²) in [5.74, 6) is -0.505. The first-order valence-electron chi connectivity index (χ1n) is 10.4. The molecule has 30 heavy (non-hydrogen) atoms. The van der Waals surface area contributed by atoms with Crippen LogP contribution in [0.5, 0.6) is 0 Å². The van der Waals surface area contributed by atoms with E-state index in [1.54, 1.807) is 0 Å². The van der Waals surface area contributed by atoms with Gasteiger partial charge in [-0.25, -0.2) is 0 Å². The summed E-state index contributed by atoms with van der Waals surface area (Å²) >= 11 is 0. The van der Waals surface area contributed by atoms with Crippen molar-refractivity contribution >= 4 is 23.1 Å². The topological polar surface area (TPSA) is 49.9 Å². The normalized spacial score (nSPS) is 14.3. The van der Waals surface area contributed by atoms with E-state index in [9.17, 15) is 9.59 Å². The van der Waals surface area contributed by atoms with E-state index >= 15 is 0 Å². The second-order valence-corrected chi connectivity index (χ2v) is 7.95. The molecule has 0 spiro atoms. The van der Waals surface area contributed by atoms with Crippen LogP contribution in [-0.4, -0.2) is 43.0 Å². The number of nitrogens with zero attached hydrogens (tertiary/aromatic N) is 2. The lowest BCUT2D eigenvalue weighted by atomic mass is 9.99. The van der Waals surface area contributed by atoms with E-state index in [1.165, 1.54) is 4.90 Å². The first-order valence-corrected chi connectivity index (χ1v) is 10.4. The van der Waals surface area contributed by atoms with E-state index in [0.717, 1.165) is 22.4 Å². The highest BCUT2D eigenvalue weighted by Gasteiger charge is 2.40. The zero-order chi connectivity index (χ0) is 21.8. The van der Waals surface area contributed by atoms with Crippen LogP contribution in [0.4, 0.5) is 5.69 Å². The molecule has 0 saturated heterocycles. The van der Waals surface area contributed by atoms with Crippen molar-refractivity contribution in [1.82, 2.24) is 4.90 Å². The second-order valence-electron chi connectivity index (χ2n) is 7.95. The third kappa shape index (κ3) is 4.46. The van der Waals surface area contributed by atoms with Crippen molar-refractivity contribution in [1.29, 1.82) is 0 Å². The van der Waals surface area contributed by atoms with Gasteiger partial charge in [0.2, 0.25) is 0 Å². The molecular weight excluding hydrogens is 376 g/mol. The van der Waals surface area contributed by atoms with Gasteiger partial charge in [-0.2, -0.15) is 0 Å². The van der Waals surface area contributed by atoms with Crippen LogP contribution >= 0.6 is 0 Å². The Kier molecular flexibility index (Phi) is 6.73. The van der Waals surface area contributed by atoms with Gasteiger partial charge in [-0.3, -0.25) is 14.5 Å². The van der Waals surface area contributed by atoms with Gasteiger partial charge in [0.1, 0.15) is 5.70 Å². The van der Waals surface area contributed by atoms with Gasteiger partial charge in [-0.1, -0.05) is 36.4 Å². The minimum atomic E-state index is -0.260. The molecule has 1 heterocycles. The number of ether oxygens (including phenoxy) is 1. The summed E-state index contributed by atoms with van der Waals surface area (Å²) in [5, 5.41) is 0. The monoisotopic (exact) mass is 406 g/mol. The molecule has 1 aliphatic rings.